The zero-order chi connectivity index (χ0) is 11.0. The van der Waals surface area contributed by atoms with E-state index in [1.165, 1.54) is 25.7 Å². The molecule has 3 unspecified atom stereocenters. The number of nitrogens with zero attached hydrogens (tertiary/aromatic N) is 2. The molecule has 1 N–H and O–H groups in total. The maximum Gasteiger partial charge on any atom is 0.230 e. The summed E-state index contributed by atoms with van der Waals surface area (Å²) in [6.07, 6.45) is 6.16. The SMILES string of the molecule is CC1CCCC1c1nc(C2CCCN2)no1. The second-order valence-corrected chi connectivity index (χ2v) is 5.15. The van der Waals surface area contributed by atoms with E-state index < -0.39 is 0 Å². The standard InChI is InChI=1S/C12H19N3O/c1-8-4-2-5-9(8)12-14-11(15-16-12)10-6-3-7-13-10/h8-10,13H,2-7H2,1H3. The monoisotopic (exact) mass is 221 g/mol. The van der Waals surface area contributed by atoms with Gasteiger partial charge in [-0.15, -0.1) is 0 Å². The predicted molar refractivity (Wildman–Crippen MR) is 60.0 cm³/mol. The Hall–Kier alpha value is -0.900. The summed E-state index contributed by atoms with van der Waals surface area (Å²) in [5.74, 6) is 2.94. The Morgan fingerprint density at radius 3 is 2.88 bits per heavy atom. The van der Waals surface area contributed by atoms with Crippen molar-refractivity contribution in [3.8, 4) is 0 Å². The van der Waals surface area contributed by atoms with Crippen LogP contribution in [0.15, 0.2) is 4.52 Å². The molecule has 2 heterocycles. The molecule has 16 heavy (non-hydrogen) atoms. The summed E-state index contributed by atoms with van der Waals surface area (Å²) in [5.41, 5.74) is 0. The van der Waals surface area contributed by atoms with Gasteiger partial charge in [0, 0.05) is 5.92 Å². The third kappa shape index (κ3) is 1.75. The maximum atomic E-state index is 5.43. The predicted octanol–water partition coefficient (Wildman–Crippen LogP) is 2.40. The molecule has 0 aromatic carbocycles. The lowest BCUT2D eigenvalue weighted by Crippen LogP contribution is -2.14. The summed E-state index contributed by atoms with van der Waals surface area (Å²) >= 11 is 0. The van der Waals surface area contributed by atoms with Crippen molar-refractivity contribution in [3.63, 3.8) is 0 Å². The largest absolute Gasteiger partial charge is 0.339 e. The van der Waals surface area contributed by atoms with Crippen LogP contribution in [0.3, 0.4) is 0 Å². The highest BCUT2D eigenvalue weighted by Crippen LogP contribution is 2.38. The van der Waals surface area contributed by atoms with E-state index in [2.05, 4.69) is 22.4 Å². The third-order valence-electron chi connectivity index (χ3n) is 4.01. The molecule has 1 aliphatic heterocycles. The summed E-state index contributed by atoms with van der Waals surface area (Å²) in [7, 11) is 0. The van der Waals surface area contributed by atoms with Crippen LogP contribution in [0.5, 0.6) is 0 Å². The van der Waals surface area contributed by atoms with E-state index in [-0.39, 0.29) is 0 Å². The van der Waals surface area contributed by atoms with Crippen LogP contribution in [0.25, 0.3) is 0 Å². The third-order valence-corrected chi connectivity index (χ3v) is 4.01. The van der Waals surface area contributed by atoms with Gasteiger partial charge in [0.05, 0.1) is 6.04 Å². The van der Waals surface area contributed by atoms with Gasteiger partial charge in [-0.05, 0) is 38.1 Å². The van der Waals surface area contributed by atoms with Crippen LogP contribution in [0.2, 0.25) is 0 Å². The second-order valence-electron chi connectivity index (χ2n) is 5.15. The second kappa shape index (κ2) is 4.17. The Balaban J connectivity index is 1.76. The number of hydrogen-bond donors (Lipinski definition) is 1. The average Bonchev–Trinajstić information content (AvgIpc) is 2.96. The quantitative estimate of drug-likeness (QED) is 0.833. The number of hydrogen-bond acceptors (Lipinski definition) is 4. The fourth-order valence-electron chi connectivity index (χ4n) is 2.96. The van der Waals surface area contributed by atoms with Gasteiger partial charge in [0.15, 0.2) is 5.82 Å². The van der Waals surface area contributed by atoms with Gasteiger partial charge < -0.3 is 9.84 Å². The first-order chi connectivity index (χ1) is 7.84. The average molecular weight is 221 g/mol. The zero-order valence-electron chi connectivity index (χ0n) is 9.78. The van der Waals surface area contributed by atoms with Gasteiger partial charge in [-0.3, -0.25) is 0 Å². The Morgan fingerprint density at radius 1 is 1.25 bits per heavy atom. The fourth-order valence-corrected chi connectivity index (χ4v) is 2.96. The molecule has 0 amide bonds. The molecular formula is C12H19N3O. The van der Waals surface area contributed by atoms with Gasteiger partial charge in [0.25, 0.3) is 0 Å². The van der Waals surface area contributed by atoms with Crippen molar-refractivity contribution in [2.75, 3.05) is 6.54 Å². The van der Waals surface area contributed by atoms with Crippen molar-refractivity contribution in [1.82, 2.24) is 15.5 Å². The first-order valence-corrected chi connectivity index (χ1v) is 6.41. The highest BCUT2D eigenvalue weighted by atomic mass is 16.5. The lowest BCUT2D eigenvalue weighted by Gasteiger charge is -2.09. The summed E-state index contributed by atoms with van der Waals surface area (Å²) in [6, 6.07) is 0.328. The van der Waals surface area contributed by atoms with Crippen LogP contribution in [0.1, 0.15) is 62.7 Å². The number of nitrogens with one attached hydrogen (secondary N) is 1. The van der Waals surface area contributed by atoms with Gasteiger partial charge >= 0.3 is 0 Å². The van der Waals surface area contributed by atoms with Crippen LogP contribution >= 0.6 is 0 Å². The van der Waals surface area contributed by atoms with Crippen LogP contribution in [0, 0.1) is 5.92 Å². The van der Waals surface area contributed by atoms with E-state index >= 15 is 0 Å². The number of rotatable bonds is 2. The fraction of sp³-hybridized carbons (Fsp3) is 0.833. The highest BCUT2D eigenvalue weighted by Gasteiger charge is 2.31. The molecule has 3 rings (SSSR count). The molecule has 1 saturated carbocycles. The Labute approximate surface area is 95.8 Å². The van der Waals surface area contributed by atoms with E-state index in [1.807, 2.05) is 0 Å². The van der Waals surface area contributed by atoms with E-state index in [0.29, 0.717) is 17.9 Å². The zero-order valence-corrected chi connectivity index (χ0v) is 9.78. The first-order valence-electron chi connectivity index (χ1n) is 6.41. The first kappa shape index (κ1) is 10.3. The topological polar surface area (TPSA) is 51.0 Å². The Bertz CT molecular complexity index is 357. The maximum absolute atomic E-state index is 5.43. The minimum absolute atomic E-state index is 0.328. The summed E-state index contributed by atoms with van der Waals surface area (Å²) in [4.78, 5) is 4.58. The molecule has 0 radical (unpaired) electrons. The van der Waals surface area contributed by atoms with Crippen molar-refractivity contribution in [3.05, 3.63) is 11.7 Å². The molecule has 4 heteroatoms. The molecular weight excluding hydrogens is 202 g/mol. The summed E-state index contributed by atoms with van der Waals surface area (Å²) < 4.78 is 5.43. The van der Waals surface area contributed by atoms with Crippen LogP contribution in [-0.4, -0.2) is 16.7 Å². The van der Waals surface area contributed by atoms with E-state index in [1.54, 1.807) is 0 Å². The van der Waals surface area contributed by atoms with Gasteiger partial charge in [-0.1, -0.05) is 18.5 Å². The molecule has 1 saturated heterocycles. The van der Waals surface area contributed by atoms with E-state index in [9.17, 15) is 0 Å². The minimum Gasteiger partial charge on any atom is -0.339 e. The van der Waals surface area contributed by atoms with Gasteiger partial charge in [0.2, 0.25) is 5.89 Å². The molecule has 2 aliphatic rings. The van der Waals surface area contributed by atoms with Crippen molar-refractivity contribution >= 4 is 0 Å². The molecule has 88 valence electrons. The normalized spacial score (nSPS) is 34.7. The van der Waals surface area contributed by atoms with Gasteiger partial charge in [0.1, 0.15) is 0 Å². The summed E-state index contributed by atoms with van der Waals surface area (Å²) in [5, 5.41) is 7.53. The van der Waals surface area contributed by atoms with Crippen molar-refractivity contribution in [2.45, 2.75) is 51.0 Å². The summed E-state index contributed by atoms with van der Waals surface area (Å²) in [6.45, 7) is 3.36. The molecule has 0 spiro atoms. The lowest BCUT2D eigenvalue weighted by atomic mass is 9.98. The lowest BCUT2D eigenvalue weighted by molar-refractivity contribution is 0.326. The number of aromatic nitrogens is 2. The van der Waals surface area contributed by atoms with E-state index in [0.717, 1.165) is 24.7 Å². The molecule has 4 nitrogen and oxygen atoms in total. The van der Waals surface area contributed by atoms with Crippen LogP contribution in [-0.2, 0) is 0 Å². The minimum atomic E-state index is 0.328. The van der Waals surface area contributed by atoms with Crippen molar-refractivity contribution in [2.24, 2.45) is 5.92 Å². The molecule has 3 atom stereocenters. The van der Waals surface area contributed by atoms with Gasteiger partial charge in [-0.25, -0.2) is 0 Å². The Morgan fingerprint density at radius 2 is 2.19 bits per heavy atom. The van der Waals surface area contributed by atoms with Crippen LogP contribution < -0.4 is 5.32 Å². The molecule has 0 bridgehead atoms. The van der Waals surface area contributed by atoms with E-state index in [4.69, 9.17) is 4.52 Å². The molecule has 1 aliphatic carbocycles. The Kier molecular flexibility index (Phi) is 2.67. The molecule has 1 aromatic heterocycles. The highest BCUT2D eigenvalue weighted by molar-refractivity contribution is 5.02. The smallest absolute Gasteiger partial charge is 0.230 e. The van der Waals surface area contributed by atoms with Crippen molar-refractivity contribution < 1.29 is 4.52 Å². The molecule has 2 fully saturated rings. The van der Waals surface area contributed by atoms with Crippen molar-refractivity contribution in [1.29, 1.82) is 0 Å². The molecule has 1 aromatic rings. The van der Waals surface area contributed by atoms with Gasteiger partial charge in [-0.2, -0.15) is 4.98 Å². The van der Waals surface area contributed by atoms with Crippen LogP contribution in [0.4, 0.5) is 0 Å².